The number of carbonyl (C=O) groups is 1. The Kier molecular flexibility index (Phi) is 3.43. The summed E-state index contributed by atoms with van der Waals surface area (Å²) in [5, 5.41) is 13.1. The van der Waals surface area contributed by atoms with E-state index < -0.39 is 5.60 Å². The molecule has 6 heteroatoms. The van der Waals surface area contributed by atoms with Crippen molar-refractivity contribution in [3.05, 3.63) is 35.8 Å². The SMILES string of the molecule is Cc1cccc2nc(C(=O)NCC3(O)CCOC3C)cn12. The van der Waals surface area contributed by atoms with Crippen LogP contribution in [0.5, 0.6) is 0 Å². The van der Waals surface area contributed by atoms with Gasteiger partial charge in [-0.1, -0.05) is 6.07 Å². The van der Waals surface area contributed by atoms with Gasteiger partial charge in [0, 0.05) is 31.5 Å². The number of aliphatic hydroxyl groups is 1. The molecule has 1 aliphatic rings. The molecule has 0 spiro atoms. The Morgan fingerprint density at radius 1 is 1.62 bits per heavy atom. The van der Waals surface area contributed by atoms with Crippen molar-refractivity contribution in [2.75, 3.05) is 13.2 Å². The molecule has 1 amide bonds. The van der Waals surface area contributed by atoms with Crippen LogP contribution in [0.15, 0.2) is 24.4 Å². The fraction of sp³-hybridized carbons (Fsp3) is 0.467. The van der Waals surface area contributed by atoms with Crippen LogP contribution in [-0.4, -0.2) is 45.3 Å². The monoisotopic (exact) mass is 289 g/mol. The van der Waals surface area contributed by atoms with Crippen LogP contribution in [0.25, 0.3) is 5.65 Å². The van der Waals surface area contributed by atoms with Crippen molar-refractivity contribution in [2.24, 2.45) is 0 Å². The zero-order valence-electron chi connectivity index (χ0n) is 12.2. The topological polar surface area (TPSA) is 75.9 Å². The van der Waals surface area contributed by atoms with E-state index in [1.165, 1.54) is 0 Å². The standard InChI is InChI=1S/C15H19N3O3/c1-10-4-3-5-13-17-12(8-18(10)13)14(19)16-9-15(20)6-7-21-11(15)2/h3-5,8,11,20H,6-7,9H2,1-2H3,(H,16,19). The van der Waals surface area contributed by atoms with E-state index in [9.17, 15) is 9.90 Å². The lowest BCUT2D eigenvalue weighted by Crippen LogP contribution is -2.47. The molecule has 112 valence electrons. The lowest BCUT2D eigenvalue weighted by Gasteiger charge is -2.25. The van der Waals surface area contributed by atoms with Gasteiger partial charge in [-0.25, -0.2) is 4.98 Å². The fourth-order valence-electron chi connectivity index (χ4n) is 2.58. The first-order chi connectivity index (χ1) is 9.99. The Bertz CT molecular complexity index is 682. The predicted molar refractivity (Wildman–Crippen MR) is 77.2 cm³/mol. The lowest BCUT2D eigenvalue weighted by atomic mass is 9.97. The van der Waals surface area contributed by atoms with E-state index in [2.05, 4.69) is 10.3 Å². The van der Waals surface area contributed by atoms with Crippen LogP contribution >= 0.6 is 0 Å². The van der Waals surface area contributed by atoms with Crippen molar-refractivity contribution in [2.45, 2.75) is 32.0 Å². The van der Waals surface area contributed by atoms with Gasteiger partial charge in [0.05, 0.1) is 6.10 Å². The van der Waals surface area contributed by atoms with Crippen LogP contribution in [0.4, 0.5) is 0 Å². The molecule has 1 fully saturated rings. The largest absolute Gasteiger partial charge is 0.385 e. The molecule has 3 heterocycles. The van der Waals surface area contributed by atoms with Crippen LogP contribution in [0.1, 0.15) is 29.5 Å². The molecule has 6 nitrogen and oxygen atoms in total. The number of amides is 1. The highest BCUT2D eigenvalue weighted by Gasteiger charge is 2.39. The summed E-state index contributed by atoms with van der Waals surface area (Å²) in [7, 11) is 0. The summed E-state index contributed by atoms with van der Waals surface area (Å²) in [6.07, 6.45) is 1.96. The molecule has 0 aromatic carbocycles. The normalized spacial score (nSPS) is 25.4. The number of rotatable bonds is 3. The van der Waals surface area contributed by atoms with Gasteiger partial charge in [-0.15, -0.1) is 0 Å². The molecule has 2 aromatic heterocycles. The Balaban J connectivity index is 1.74. The average Bonchev–Trinajstić information content (AvgIpc) is 3.03. The van der Waals surface area contributed by atoms with Crippen molar-refractivity contribution >= 4 is 11.6 Å². The number of fused-ring (bicyclic) bond motifs is 1. The van der Waals surface area contributed by atoms with Crippen LogP contribution in [0.3, 0.4) is 0 Å². The molecule has 2 aromatic rings. The van der Waals surface area contributed by atoms with Crippen molar-refractivity contribution in [3.8, 4) is 0 Å². The molecule has 2 unspecified atom stereocenters. The van der Waals surface area contributed by atoms with Gasteiger partial charge < -0.3 is 19.6 Å². The molecular formula is C15H19N3O3. The maximum Gasteiger partial charge on any atom is 0.271 e. The van der Waals surface area contributed by atoms with Gasteiger partial charge in [-0.2, -0.15) is 0 Å². The molecule has 2 N–H and O–H groups in total. The zero-order valence-corrected chi connectivity index (χ0v) is 12.2. The second kappa shape index (κ2) is 5.13. The van der Waals surface area contributed by atoms with Crippen molar-refractivity contribution in [1.82, 2.24) is 14.7 Å². The van der Waals surface area contributed by atoms with E-state index in [1.807, 2.05) is 36.4 Å². The molecule has 3 rings (SSSR count). The van der Waals surface area contributed by atoms with Crippen LogP contribution < -0.4 is 5.32 Å². The minimum atomic E-state index is -0.995. The second-order valence-corrected chi connectivity index (χ2v) is 5.57. The smallest absolute Gasteiger partial charge is 0.271 e. The van der Waals surface area contributed by atoms with Gasteiger partial charge in [0.25, 0.3) is 5.91 Å². The molecular weight excluding hydrogens is 270 g/mol. The predicted octanol–water partition coefficient (Wildman–Crippen LogP) is 0.912. The minimum absolute atomic E-state index is 0.167. The van der Waals surface area contributed by atoms with Crippen LogP contribution in [0, 0.1) is 6.92 Å². The number of aromatic nitrogens is 2. The molecule has 1 saturated heterocycles. The summed E-state index contributed by atoms with van der Waals surface area (Å²) in [4.78, 5) is 16.5. The Labute approximate surface area is 122 Å². The highest BCUT2D eigenvalue weighted by Crippen LogP contribution is 2.24. The third-order valence-corrected chi connectivity index (χ3v) is 4.14. The summed E-state index contributed by atoms with van der Waals surface area (Å²) in [6.45, 7) is 4.45. The van der Waals surface area contributed by atoms with Crippen LogP contribution in [-0.2, 0) is 4.74 Å². The molecule has 0 saturated carbocycles. The molecule has 0 radical (unpaired) electrons. The van der Waals surface area contributed by atoms with Gasteiger partial charge in [0.1, 0.15) is 16.9 Å². The minimum Gasteiger partial charge on any atom is -0.385 e. The molecule has 21 heavy (non-hydrogen) atoms. The molecule has 0 aliphatic carbocycles. The number of imidazole rings is 1. The Morgan fingerprint density at radius 2 is 2.43 bits per heavy atom. The lowest BCUT2D eigenvalue weighted by molar-refractivity contribution is -0.0252. The summed E-state index contributed by atoms with van der Waals surface area (Å²) >= 11 is 0. The maximum absolute atomic E-state index is 12.2. The molecule has 1 aliphatic heterocycles. The third kappa shape index (κ3) is 2.52. The molecule has 0 bridgehead atoms. The maximum atomic E-state index is 12.2. The highest BCUT2D eigenvalue weighted by atomic mass is 16.5. The summed E-state index contributed by atoms with van der Waals surface area (Å²) in [6, 6.07) is 5.71. The van der Waals surface area contributed by atoms with Crippen LogP contribution in [0.2, 0.25) is 0 Å². The second-order valence-electron chi connectivity index (χ2n) is 5.57. The number of carbonyl (C=O) groups excluding carboxylic acids is 1. The first-order valence-electron chi connectivity index (χ1n) is 7.06. The fourth-order valence-corrected chi connectivity index (χ4v) is 2.58. The van der Waals surface area contributed by atoms with Crippen molar-refractivity contribution in [3.63, 3.8) is 0 Å². The number of aryl methyl sites for hydroxylation is 1. The molecule has 2 atom stereocenters. The summed E-state index contributed by atoms with van der Waals surface area (Å²) in [5.41, 5.74) is 1.09. The van der Waals surface area contributed by atoms with Gasteiger partial charge in [-0.3, -0.25) is 4.79 Å². The van der Waals surface area contributed by atoms with Gasteiger partial charge in [0.2, 0.25) is 0 Å². The van der Waals surface area contributed by atoms with Crippen molar-refractivity contribution in [1.29, 1.82) is 0 Å². The number of nitrogens with one attached hydrogen (secondary N) is 1. The van der Waals surface area contributed by atoms with E-state index in [-0.39, 0.29) is 18.6 Å². The van der Waals surface area contributed by atoms with Gasteiger partial charge in [-0.05, 0) is 26.0 Å². The van der Waals surface area contributed by atoms with Crippen molar-refractivity contribution < 1.29 is 14.6 Å². The number of pyridine rings is 1. The number of nitrogens with zero attached hydrogens (tertiary/aromatic N) is 2. The van der Waals surface area contributed by atoms with Gasteiger partial charge in [0.15, 0.2) is 0 Å². The third-order valence-electron chi connectivity index (χ3n) is 4.14. The number of ether oxygens (including phenoxy) is 1. The number of hydrogen-bond donors (Lipinski definition) is 2. The van der Waals surface area contributed by atoms with E-state index >= 15 is 0 Å². The quantitative estimate of drug-likeness (QED) is 0.880. The van der Waals surface area contributed by atoms with E-state index in [0.29, 0.717) is 18.7 Å². The van der Waals surface area contributed by atoms with Gasteiger partial charge >= 0.3 is 0 Å². The van der Waals surface area contributed by atoms with E-state index in [1.54, 1.807) is 6.20 Å². The summed E-state index contributed by atoms with van der Waals surface area (Å²) in [5.74, 6) is -0.286. The first-order valence-corrected chi connectivity index (χ1v) is 7.06. The van der Waals surface area contributed by atoms with E-state index in [0.717, 1.165) is 11.3 Å². The Morgan fingerprint density at radius 3 is 3.10 bits per heavy atom. The summed E-state index contributed by atoms with van der Waals surface area (Å²) < 4.78 is 7.22. The Hall–Kier alpha value is -1.92. The zero-order chi connectivity index (χ0) is 15.0. The highest BCUT2D eigenvalue weighted by molar-refractivity contribution is 5.92. The number of hydrogen-bond acceptors (Lipinski definition) is 4. The van der Waals surface area contributed by atoms with E-state index in [4.69, 9.17) is 4.74 Å². The average molecular weight is 289 g/mol. The first kappa shape index (κ1) is 14.0.